The van der Waals surface area contributed by atoms with Gasteiger partial charge in [0.1, 0.15) is 6.10 Å². The number of aliphatic hydroxyl groups excluding tert-OH is 2. The second-order valence-corrected chi connectivity index (χ2v) is 9.68. The van der Waals surface area contributed by atoms with Crippen LogP contribution in [0.1, 0.15) is 49.9 Å². The number of rotatable bonds is 4. The monoisotopic (exact) mass is 523 g/mol. The van der Waals surface area contributed by atoms with Crippen LogP contribution in [0, 0.1) is 16.7 Å². The van der Waals surface area contributed by atoms with Crippen LogP contribution in [-0.4, -0.2) is 58.1 Å². The molecule has 3 aromatic heterocycles. The van der Waals surface area contributed by atoms with E-state index in [-0.39, 0.29) is 12.0 Å². The maximum Gasteiger partial charge on any atom is 0.235 e. The fraction of sp³-hybridized carbons (Fsp3) is 0.632. The number of hydrogen-bond donors (Lipinski definition) is 3. The van der Waals surface area contributed by atoms with Gasteiger partial charge >= 0.3 is 0 Å². The van der Waals surface area contributed by atoms with E-state index < -0.39 is 17.6 Å². The lowest BCUT2D eigenvalue weighted by Crippen LogP contribution is -2.36. The fourth-order valence-corrected chi connectivity index (χ4v) is 5.96. The Hall–Kier alpha value is -1.86. The van der Waals surface area contributed by atoms with Gasteiger partial charge in [0.2, 0.25) is 5.89 Å². The number of anilines is 1. The van der Waals surface area contributed by atoms with E-state index in [9.17, 15) is 10.2 Å². The number of nitrogens with one attached hydrogen (secondary N) is 1. The highest BCUT2D eigenvalue weighted by Gasteiger charge is 2.75. The number of aliphatic hydroxyl groups is 2. The van der Waals surface area contributed by atoms with Crippen molar-refractivity contribution in [2.75, 3.05) is 5.32 Å². The molecule has 3 aliphatic carbocycles. The van der Waals surface area contributed by atoms with Crippen LogP contribution in [0.5, 0.6) is 0 Å². The van der Waals surface area contributed by atoms with E-state index in [0.717, 1.165) is 18.7 Å². The maximum atomic E-state index is 10.9. The minimum atomic E-state index is -0.984. The number of fused-ring (bicyclic) bond motifs is 2. The molecule has 10 nitrogen and oxygen atoms in total. The van der Waals surface area contributed by atoms with Crippen LogP contribution in [0.3, 0.4) is 0 Å². The van der Waals surface area contributed by atoms with Crippen molar-refractivity contribution in [1.82, 2.24) is 29.7 Å². The summed E-state index contributed by atoms with van der Waals surface area (Å²) in [5.41, 5.74) is 0.652. The van der Waals surface area contributed by atoms with Gasteiger partial charge in [0.05, 0.1) is 23.9 Å². The van der Waals surface area contributed by atoms with E-state index in [0.29, 0.717) is 39.2 Å². The molecule has 3 N–H and O–H groups in total. The zero-order valence-electron chi connectivity index (χ0n) is 16.4. The number of aryl methyl sites for hydroxylation is 1. The Morgan fingerprint density at radius 1 is 1.23 bits per heavy atom. The van der Waals surface area contributed by atoms with Crippen LogP contribution in [0.4, 0.5) is 5.82 Å². The minimum absolute atomic E-state index is 0.0291. The first-order valence-electron chi connectivity index (χ1n) is 10.3. The van der Waals surface area contributed by atoms with Crippen LogP contribution < -0.4 is 5.32 Å². The van der Waals surface area contributed by atoms with Crippen LogP contribution in [-0.2, 0) is 5.41 Å². The Bertz CT molecular complexity index is 1130. The third-order valence-electron chi connectivity index (χ3n) is 7.01. The average Bonchev–Trinajstić information content (AvgIpc) is 3.16. The second-order valence-electron chi connectivity index (χ2n) is 8.71. The van der Waals surface area contributed by atoms with Crippen LogP contribution in [0.15, 0.2) is 10.9 Å². The standard InChI is InChI=1S/C19H22IN7O3/c1-8-22-17(30-26-8)19-6-10(19)12(13(28)14(19)29)27-7-21-11-15(23-9-4-2-3-5-9)24-18(20)25-16(11)27/h7,9-10,12-14,28-29H,2-6H2,1H3,(H,23,24,25)/t10-,12-,13+,14+,19+/m1/s1. The highest BCUT2D eigenvalue weighted by Crippen LogP contribution is 2.68. The van der Waals surface area contributed by atoms with E-state index in [2.05, 4.69) is 53.0 Å². The van der Waals surface area contributed by atoms with Crippen molar-refractivity contribution in [2.45, 2.75) is 68.7 Å². The molecule has 0 saturated heterocycles. The first kappa shape index (κ1) is 18.9. The topological polar surface area (TPSA) is 135 Å². The van der Waals surface area contributed by atoms with Crippen molar-refractivity contribution >= 4 is 39.6 Å². The molecule has 30 heavy (non-hydrogen) atoms. The van der Waals surface area contributed by atoms with Crippen molar-refractivity contribution in [3.8, 4) is 0 Å². The van der Waals surface area contributed by atoms with Gasteiger partial charge in [0, 0.05) is 34.6 Å². The summed E-state index contributed by atoms with van der Waals surface area (Å²) >= 11 is 2.11. The van der Waals surface area contributed by atoms with Gasteiger partial charge < -0.3 is 24.6 Å². The molecule has 11 heteroatoms. The Morgan fingerprint density at radius 2 is 2.03 bits per heavy atom. The molecule has 3 fully saturated rings. The van der Waals surface area contributed by atoms with Crippen LogP contribution in [0.25, 0.3) is 11.2 Å². The predicted molar refractivity (Wildman–Crippen MR) is 114 cm³/mol. The molecule has 158 valence electrons. The normalized spacial score (nSPS) is 33.3. The lowest BCUT2D eigenvalue weighted by molar-refractivity contribution is -0.00720. The van der Waals surface area contributed by atoms with E-state index in [1.807, 2.05) is 4.57 Å². The van der Waals surface area contributed by atoms with Gasteiger partial charge in [-0.15, -0.1) is 0 Å². The second kappa shape index (κ2) is 6.57. The molecule has 0 unspecified atom stereocenters. The Morgan fingerprint density at radius 3 is 2.77 bits per heavy atom. The lowest BCUT2D eigenvalue weighted by Gasteiger charge is -2.23. The zero-order chi connectivity index (χ0) is 20.6. The van der Waals surface area contributed by atoms with E-state index in [4.69, 9.17) is 4.52 Å². The van der Waals surface area contributed by atoms with Crippen LogP contribution >= 0.6 is 22.6 Å². The average molecular weight is 523 g/mol. The molecule has 5 atom stereocenters. The Kier molecular flexibility index (Phi) is 4.13. The predicted octanol–water partition coefficient (Wildman–Crippen LogP) is 1.71. The number of imidazole rings is 1. The first-order chi connectivity index (χ1) is 14.5. The molecule has 0 aliphatic heterocycles. The highest BCUT2D eigenvalue weighted by molar-refractivity contribution is 14.1. The number of halogens is 1. The molecule has 0 aromatic carbocycles. The summed E-state index contributed by atoms with van der Waals surface area (Å²) in [7, 11) is 0. The van der Waals surface area contributed by atoms with E-state index in [1.165, 1.54) is 12.8 Å². The van der Waals surface area contributed by atoms with E-state index >= 15 is 0 Å². The molecule has 3 aliphatic rings. The van der Waals surface area contributed by atoms with Crippen molar-refractivity contribution in [3.05, 3.63) is 21.9 Å². The molecule has 3 aromatic rings. The maximum absolute atomic E-state index is 10.9. The summed E-state index contributed by atoms with van der Waals surface area (Å²) < 4.78 is 7.88. The molecule has 0 radical (unpaired) electrons. The zero-order valence-corrected chi connectivity index (χ0v) is 18.5. The van der Waals surface area contributed by atoms with Gasteiger partial charge in [-0.1, -0.05) is 18.0 Å². The number of aromatic nitrogens is 6. The third-order valence-corrected chi connectivity index (χ3v) is 7.49. The molecule has 3 saturated carbocycles. The quantitative estimate of drug-likeness (QED) is 0.345. The number of hydrogen-bond acceptors (Lipinski definition) is 9. The smallest absolute Gasteiger partial charge is 0.235 e. The van der Waals surface area contributed by atoms with Crippen molar-refractivity contribution in [2.24, 2.45) is 5.92 Å². The van der Waals surface area contributed by atoms with Crippen molar-refractivity contribution in [1.29, 1.82) is 0 Å². The van der Waals surface area contributed by atoms with E-state index in [1.54, 1.807) is 13.3 Å². The first-order valence-corrected chi connectivity index (χ1v) is 11.4. The van der Waals surface area contributed by atoms with Gasteiger partial charge in [0.15, 0.2) is 26.6 Å². The van der Waals surface area contributed by atoms with Crippen molar-refractivity contribution in [3.63, 3.8) is 0 Å². The van der Waals surface area contributed by atoms with Crippen molar-refractivity contribution < 1.29 is 14.7 Å². The van der Waals surface area contributed by atoms with Gasteiger partial charge in [-0.3, -0.25) is 0 Å². The summed E-state index contributed by atoms with van der Waals surface area (Å²) in [5.74, 6) is 1.63. The highest BCUT2D eigenvalue weighted by atomic mass is 127. The number of nitrogens with zero attached hydrogens (tertiary/aromatic N) is 6. The molecule has 0 amide bonds. The summed E-state index contributed by atoms with van der Waals surface area (Å²) in [6, 6.07) is 0.0297. The van der Waals surface area contributed by atoms with Gasteiger partial charge in [-0.25, -0.2) is 15.0 Å². The summed E-state index contributed by atoms with van der Waals surface area (Å²) in [6.07, 6.45) is 5.12. The fourth-order valence-electron chi connectivity index (χ4n) is 5.49. The molecule has 0 spiro atoms. The third kappa shape index (κ3) is 2.57. The summed E-state index contributed by atoms with van der Waals surface area (Å²) in [6.45, 7) is 1.75. The van der Waals surface area contributed by atoms with Gasteiger partial charge in [-0.05, 0) is 26.2 Å². The minimum Gasteiger partial charge on any atom is -0.389 e. The molecule has 0 bridgehead atoms. The summed E-state index contributed by atoms with van der Waals surface area (Å²) in [5, 5.41) is 29.2. The van der Waals surface area contributed by atoms with Gasteiger partial charge in [-0.2, -0.15) is 4.98 Å². The van der Waals surface area contributed by atoms with Gasteiger partial charge in [0.25, 0.3) is 0 Å². The van der Waals surface area contributed by atoms with Crippen LogP contribution in [0.2, 0.25) is 0 Å². The largest absolute Gasteiger partial charge is 0.389 e. The Balaban J connectivity index is 1.40. The lowest BCUT2D eigenvalue weighted by atomic mass is 9.99. The molecule has 6 rings (SSSR count). The Labute approximate surface area is 185 Å². The SMILES string of the molecule is Cc1noc([C@@]23C[C@@H]2[C@@H](n2cnc4c(NC5CCCC5)nc(I)nc42)[C@H](O)[C@@H]3O)n1. The summed E-state index contributed by atoms with van der Waals surface area (Å²) in [4.78, 5) is 18.1. The molecular formula is C19H22IN7O3. The molecular weight excluding hydrogens is 501 g/mol. The molecule has 3 heterocycles.